The Morgan fingerprint density at radius 1 is 0.690 bits per heavy atom. The van der Waals surface area contributed by atoms with Crippen LogP contribution >= 0.6 is 0 Å². The Labute approximate surface area is 249 Å². The second kappa shape index (κ2) is 10.6. The molecule has 0 atom stereocenters. The van der Waals surface area contributed by atoms with Gasteiger partial charge in [0.2, 0.25) is 0 Å². The average Bonchev–Trinajstić information content (AvgIpc) is 3.01. The number of para-hydroxylation sites is 1. The zero-order valence-electron chi connectivity index (χ0n) is 24.6. The summed E-state index contributed by atoms with van der Waals surface area (Å²) in [6.07, 6.45) is 7.56. The third kappa shape index (κ3) is 4.28. The molecule has 204 valence electrons. The van der Waals surface area contributed by atoms with Gasteiger partial charge in [0.1, 0.15) is 23.0 Å². The number of hydrogen-bond acceptors (Lipinski definition) is 2. The van der Waals surface area contributed by atoms with Crippen molar-refractivity contribution in [1.82, 2.24) is 0 Å². The molecule has 2 aliphatic heterocycles. The summed E-state index contributed by atoms with van der Waals surface area (Å²) in [4.78, 5) is 0. The Bertz CT molecular complexity index is 1910. The maximum Gasteiger partial charge on any atom is 0.260 e. The summed E-state index contributed by atoms with van der Waals surface area (Å²) >= 11 is 0. The first-order valence-electron chi connectivity index (χ1n) is 14.8. The number of benzene rings is 5. The maximum atomic E-state index is 6.91. The predicted octanol–water partition coefficient (Wildman–Crippen LogP) is 8.73. The molecule has 0 saturated heterocycles. The minimum absolute atomic E-state index is 0.00870. The smallest absolute Gasteiger partial charge is 0.260 e. The lowest BCUT2D eigenvalue weighted by molar-refractivity contribution is 0.464. The van der Waals surface area contributed by atoms with Gasteiger partial charge >= 0.3 is 0 Å². The largest absolute Gasteiger partial charge is 0.458 e. The molecular formula is C39H33BO2. The first-order chi connectivity index (χ1) is 20.6. The number of rotatable bonds is 5. The highest BCUT2D eigenvalue weighted by Crippen LogP contribution is 2.41. The Morgan fingerprint density at radius 2 is 1.38 bits per heavy atom. The number of allylic oxidation sites excluding steroid dienone is 4. The molecule has 2 aliphatic rings. The topological polar surface area (TPSA) is 18.5 Å². The Morgan fingerprint density at radius 3 is 2.07 bits per heavy atom. The highest BCUT2D eigenvalue weighted by molar-refractivity contribution is 6.98. The van der Waals surface area contributed by atoms with Gasteiger partial charge in [-0.2, -0.15) is 0 Å². The van der Waals surface area contributed by atoms with E-state index in [-0.39, 0.29) is 6.71 Å². The van der Waals surface area contributed by atoms with Crippen molar-refractivity contribution in [2.24, 2.45) is 0 Å². The summed E-state index contributed by atoms with van der Waals surface area (Å²) in [5, 5.41) is 0. The van der Waals surface area contributed by atoms with E-state index in [1.54, 1.807) is 0 Å². The number of aryl methyl sites for hydroxylation is 2. The SMILES string of the molecule is C/C=C(\C=C/CC)c1cccc2c1Oc1cc(-c3ccccc3C)cc3c1B2c1cc(-c2ccccc2C)ccc1O3. The lowest BCUT2D eigenvalue weighted by Gasteiger charge is -2.34. The molecule has 0 aromatic heterocycles. The van der Waals surface area contributed by atoms with Gasteiger partial charge in [-0.1, -0.05) is 104 Å². The van der Waals surface area contributed by atoms with E-state index in [0.717, 1.165) is 51.6 Å². The van der Waals surface area contributed by atoms with Crippen LogP contribution in [0, 0.1) is 13.8 Å². The number of hydrogen-bond donors (Lipinski definition) is 0. The van der Waals surface area contributed by atoms with Crippen LogP contribution in [-0.4, -0.2) is 6.71 Å². The van der Waals surface area contributed by atoms with E-state index in [2.05, 4.69) is 143 Å². The van der Waals surface area contributed by atoms with Gasteiger partial charge in [0, 0.05) is 11.0 Å². The van der Waals surface area contributed by atoms with Crippen LogP contribution in [0.1, 0.15) is 37.0 Å². The zero-order chi connectivity index (χ0) is 28.8. The molecule has 0 unspecified atom stereocenters. The first kappa shape index (κ1) is 26.2. The molecule has 2 nitrogen and oxygen atoms in total. The van der Waals surface area contributed by atoms with Gasteiger partial charge in [-0.3, -0.25) is 0 Å². The van der Waals surface area contributed by atoms with E-state index in [1.807, 2.05) is 0 Å². The second-order valence-electron chi connectivity index (χ2n) is 11.2. The van der Waals surface area contributed by atoms with Crippen LogP contribution in [0.2, 0.25) is 0 Å². The summed E-state index contributed by atoms with van der Waals surface area (Å²) in [7, 11) is 0. The van der Waals surface area contributed by atoms with Crippen molar-refractivity contribution in [1.29, 1.82) is 0 Å². The quantitative estimate of drug-likeness (QED) is 0.159. The third-order valence-electron chi connectivity index (χ3n) is 8.57. The molecule has 5 aromatic carbocycles. The van der Waals surface area contributed by atoms with Crippen LogP contribution in [0.3, 0.4) is 0 Å². The van der Waals surface area contributed by atoms with E-state index in [4.69, 9.17) is 9.47 Å². The van der Waals surface area contributed by atoms with Gasteiger partial charge in [-0.15, -0.1) is 0 Å². The van der Waals surface area contributed by atoms with E-state index < -0.39 is 0 Å². The maximum absolute atomic E-state index is 6.91. The fourth-order valence-electron chi connectivity index (χ4n) is 6.45. The molecule has 0 spiro atoms. The fraction of sp³-hybridized carbons (Fsp3) is 0.128. The van der Waals surface area contributed by atoms with Crippen molar-refractivity contribution in [2.75, 3.05) is 0 Å². The minimum atomic E-state index is -0.00870. The fourth-order valence-corrected chi connectivity index (χ4v) is 6.45. The van der Waals surface area contributed by atoms with Crippen molar-refractivity contribution in [3.05, 3.63) is 132 Å². The van der Waals surface area contributed by atoms with Crippen molar-refractivity contribution in [2.45, 2.75) is 34.1 Å². The average molecular weight is 545 g/mol. The van der Waals surface area contributed by atoms with E-state index in [9.17, 15) is 0 Å². The Kier molecular flexibility index (Phi) is 6.59. The standard InChI is InChI=1S/C39H33BO2/c1-5-7-15-27(6-2)32-18-12-19-33-39(32)42-37-24-29(31-17-11-9-14-26(31)4)23-36-38(37)40(33)34-22-28(20-21-35(34)41-36)30-16-10-8-13-25(30)3/h6-24H,5H2,1-4H3/b15-7-,27-6+. The third-order valence-corrected chi connectivity index (χ3v) is 8.57. The number of ether oxygens (including phenoxy) is 2. The summed E-state index contributed by atoms with van der Waals surface area (Å²) in [5.74, 6) is 3.54. The molecule has 0 N–H and O–H groups in total. The molecule has 2 heterocycles. The molecule has 3 heteroatoms. The van der Waals surface area contributed by atoms with Crippen LogP contribution in [0.15, 0.2) is 115 Å². The van der Waals surface area contributed by atoms with Gasteiger partial charge in [0.05, 0.1) is 0 Å². The van der Waals surface area contributed by atoms with E-state index in [1.165, 1.54) is 38.7 Å². The van der Waals surface area contributed by atoms with Crippen molar-refractivity contribution < 1.29 is 9.47 Å². The van der Waals surface area contributed by atoms with Crippen molar-refractivity contribution >= 4 is 28.7 Å². The molecule has 0 radical (unpaired) electrons. The molecule has 0 bridgehead atoms. The molecule has 0 amide bonds. The highest BCUT2D eigenvalue weighted by Gasteiger charge is 2.41. The molecular weight excluding hydrogens is 511 g/mol. The summed E-state index contributed by atoms with van der Waals surface area (Å²) in [5.41, 5.74) is 12.9. The van der Waals surface area contributed by atoms with Gasteiger partial charge in [0.25, 0.3) is 6.71 Å². The molecule has 0 fully saturated rings. The van der Waals surface area contributed by atoms with Gasteiger partial charge in [-0.05, 0) is 95.3 Å². The van der Waals surface area contributed by atoms with Crippen molar-refractivity contribution in [3.63, 3.8) is 0 Å². The van der Waals surface area contributed by atoms with Crippen LogP contribution in [-0.2, 0) is 0 Å². The summed E-state index contributed by atoms with van der Waals surface area (Å²) in [6, 6.07) is 34.6. The summed E-state index contributed by atoms with van der Waals surface area (Å²) < 4.78 is 13.6. The summed E-state index contributed by atoms with van der Waals surface area (Å²) in [6.45, 7) is 8.57. The minimum Gasteiger partial charge on any atom is -0.458 e. The first-order valence-corrected chi connectivity index (χ1v) is 14.8. The monoisotopic (exact) mass is 544 g/mol. The van der Waals surface area contributed by atoms with Crippen LogP contribution in [0.4, 0.5) is 0 Å². The normalized spacial score (nSPS) is 13.2. The Balaban J connectivity index is 1.48. The van der Waals surface area contributed by atoms with Crippen LogP contribution in [0.25, 0.3) is 27.8 Å². The molecule has 5 aromatic rings. The lowest BCUT2D eigenvalue weighted by Crippen LogP contribution is -2.57. The Hall–Kier alpha value is -4.76. The molecule has 7 rings (SSSR count). The number of fused-ring (bicyclic) bond motifs is 4. The van der Waals surface area contributed by atoms with Crippen LogP contribution < -0.4 is 25.9 Å². The molecule has 0 aliphatic carbocycles. The second-order valence-corrected chi connectivity index (χ2v) is 11.2. The lowest BCUT2D eigenvalue weighted by atomic mass is 9.34. The zero-order valence-corrected chi connectivity index (χ0v) is 24.6. The predicted molar refractivity (Wildman–Crippen MR) is 178 cm³/mol. The highest BCUT2D eigenvalue weighted by atomic mass is 16.5. The molecule has 0 saturated carbocycles. The van der Waals surface area contributed by atoms with E-state index >= 15 is 0 Å². The molecule has 42 heavy (non-hydrogen) atoms. The van der Waals surface area contributed by atoms with E-state index in [0.29, 0.717) is 0 Å². The van der Waals surface area contributed by atoms with Gasteiger partial charge in [-0.25, -0.2) is 0 Å². The van der Waals surface area contributed by atoms with Gasteiger partial charge < -0.3 is 9.47 Å². The van der Waals surface area contributed by atoms with Crippen LogP contribution in [0.5, 0.6) is 23.0 Å². The van der Waals surface area contributed by atoms with Crippen molar-refractivity contribution in [3.8, 4) is 45.3 Å². The van der Waals surface area contributed by atoms with Gasteiger partial charge in [0.15, 0.2) is 0 Å².